The highest BCUT2D eigenvalue weighted by Crippen LogP contribution is 2.17. The van der Waals surface area contributed by atoms with Gasteiger partial charge in [-0.25, -0.2) is 14.2 Å². The number of amides is 1. The van der Waals surface area contributed by atoms with Crippen LogP contribution in [0, 0.1) is 0 Å². The summed E-state index contributed by atoms with van der Waals surface area (Å²) in [5.41, 5.74) is 1.02. The van der Waals surface area contributed by atoms with E-state index in [0.717, 1.165) is 6.42 Å². The number of hydrogen-bond donors (Lipinski definition) is 1. The maximum atomic E-state index is 12.4. The normalized spacial score (nSPS) is 13.0. The Morgan fingerprint density at radius 2 is 1.93 bits per heavy atom. The molecule has 0 bridgehead atoms. The molecule has 10 nitrogen and oxygen atoms in total. The summed E-state index contributed by atoms with van der Waals surface area (Å²) in [6.07, 6.45) is 2.97. The maximum Gasteiger partial charge on any atom is 0.338 e. The van der Waals surface area contributed by atoms with E-state index in [2.05, 4.69) is 25.9 Å². The predicted molar refractivity (Wildman–Crippen MR) is 99.9 cm³/mol. The molecule has 3 rings (SSSR count). The monoisotopic (exact) mass is 383 g/mol. The van der Waals surface area contributed by atoms with Crippen LogP contribution in [0.3, 0.4) is 0 Å². The van der Waals surface area contributed by atoms with Gasteiger partial charge >= 0.3 is 5.97 Å². The van der Waals surface area contributed by atoms with Crippen LogP contribution in [0.25, 0.3) is 5.69 Å². The van der Waals surface area contributed by atoms with Crippen molar-refractivity contribution in [1.29, 1.82) is 0 Å². The first-order valence-electron chi connectivity index (χ1n) is 8.88. The molecule has 0 saturated heterocycles. The summed E-state index contributed by atoms with van der Waals surface area (Å²) >= 11 is 0. The topological polar surface area (TPSA) is 117 Å². The zero-order chi connectivity index (χ0) is 20.1. The van der Waals surface area contributed by atoms with Crippen LogP contribution in [-0.2, 0) is 9.53 Å². The van der Waals surface area contributed by atoms with Gasteiger partial charge in [-0.15, -0.1) is 5.10 Å². The molecular weight excluding hydrogens is 362 g/mol. The molecule has 0 radical (unpaired) electrons. The summed E-state index contributed by atoms with van der Waals surface area (Å²) in [6, 6.07) is 8.38. The van der Waals surface area contributed by atoms with E-state index in [-0.39, 0.29) is 6.04 Å². The van der Waals surface area contributed by atoms with Crippen LogP contribution in [0.5, 0.6) is 0 Å². The van der Waals surface area contributed by atoms with Crippen molar-refractivity contribution in [3.8, 4) is 5.69 Å². The minimum Gasteiger partial charge on any atom is -0.449 e. The van der Waals surface area contributed by atoms with Crippen LogP contribution < -0.4 is 5.32 Å². The molecule has 1 N–H and O–H groups in total. The second-order valence-corrected chi connectivity index (χ2v) is 6.26. The molecule has 0 fully saturated rings. The van der Waals surface area contributed by atoms with Crippen molar-refractivity contribution in [3.05, 3.63) is 48.4 Å². The van der Waals surface area contributed by atoms with Crippen molar-refractivity contribution in [2.24, 2.45) is 0 Å². The van der Waals surface area contributed by atoms with E-state index in [0.29, 0.717) is 17.1 Å². The third kappa shape index (κ3) is 4.22. The Bertz CT molecular complexity index is 935. The summed E-state index contributed by atoms with van der Waals surface area (Å²) in [4.78, 5) is 24.7. The lowest BCUT2D eigenvalue weighted by molar-refractivity contribution is -0.123. The molecule has 28 heavy (non-hydrogen) atoms. The highest BCUT2D eigenvalue weighted by Gasteiger charge is 2.21. The number of esters is 1. The number of carbonyl (C=O) groups is 2. The SMILES string of the molecule is CC[C@H](C)n1nccc1NC(=O)[C@@H](C)OC(=O)c1ccc(-n2cnnn2)cc1. The van der Waals surface area contributed by atoms with Gasteiger partial charge in [0.2, 0.25) is 0 Å². The second-order valence-electron chi connectivity index (χ2n) is 6.26. The predicted octanol–water partition coefficient (Wildman–Crippen LogP) is 2.01. The zero-order valence-corrected chi connectivity index (χ0v) is 15.8. The molecule has 0 aliphatic carbocycles. The fourth-order valence-corrected chi connectivity index (χ4v) is 2.48. The third-order valence-electron chi connectivity index (χ3n) is 4.30. The number of tetrazole rings is 1. The first-order valence-corrected chi connectivity index (χ1v) is 8.88. The third-order valence-corrected chi connectivity index (χ3v) is 4.30. The number of rotatable bonds is 7. The van der Waals surface area contributed by atoms with Gasteiger partial charge in [-0.05, 0) is 55.0 Å². The van der Waals surface area contributed by atoms with Crippen LogP contribution in [0.2, 0.25) is 0 Å². The van der Waals surface area contributed by atoms with Crippen molar-refractivity contribution in [3.63, 3.8) is 0 Å². The molecule has 0 saturated carbocycles. The molecule has 0 unspecified atom stereocenters. The molecule has 0 aliphatic rings. The highest BCUT2D eigenvalue weighted by molar-refractivity contribution is 5.96. The van der Waals surface area contributed by atoms with Gasteiger partial charge < -0.3 is 10.1 Å². The Hall–Kier alpha value is -3.56. The first kappa shape index (κ1) is 19.2. The lowest BCUT2D eigenvalue weighted by Crippen LogP contribution is -2.31. The average molecular weight is 383 g/mol. The quantitative estimate of drug-likeness (QED) is 0.620. The van der Waals surface area contributed by atoms with Crippen LogP contribution in [-0.4, -0.2) is 48.0 Å². The van der Waals surface area contributed by atoms with E-state index in [4.69, 9.17) is 4.74 Å². The van der Waals surface area contributed by atoms with Gasteiger partial charge in [-0.1, -0.05) is 6.92 Å². The summed E-state index contributed by atoms with van der Waals surface area (Å²) in [6.45, 7) is 5.56. The van der Waals surface area contributed by atoms with Crippen molar-refractivity contribution in [1.82, 2.24) is 30.0 Å². The first-order chi connectivity index (χ1) is 13.5. The van der Waals surface area contributed by atoms with Gasteiger partial charge in [0, 0.05) is 6.07 Å². The number of aromatic nitrogens is 6. The molecule has 146 valence electrons. The summed E-state index contributed by atoms with van der Waals surface area (Å²) < 4.78 is 8.47. The number of benzene rings is 1. The molecule has 3 aromatic rings. The van der Waals surface area contributed by atoms with Gasteiger partial charge in [0.1, 0.15) is 12.1 Å². The summed E-state index contributed by atoms with van der Waals surface area (Å²) in [7, 11) is 0. The van der Waals surface area contributed by atoms with Crippen molar-refractivity contribution in [2.75, 3.05) is 5.32 Å². The van der Waals surface area contributed by atoms with E-state index in [1.807, 2.05) is 13.8 Å². The Labute approximate surface area is 161 Å². The lowest BCUT2D eigenvalue weighted by Gasteiger charge is -2.17. The summed E-state index contributed by atoms with van der Waals surface area (Å²) in [5, 5.41) is 17.9. The smallest absolute Gasteiger partial charge is 0.338 e. The number of anilines is 1. The molecule has 0 spiro atoms. The number of hydrogen-bond acceptors (Lipinski definition) is 7. The van der Waals surface area contributed by atoms with E-state index in [1.165, 1.54) is 17.9 Å². The van der Waals surface area contributed by atoms with Gasteiger partial charge in [0.05, 0.1) is 23.5 Å². The Morgan fingerprint density at radius 3 is 2.57 bits per heavy atom. The number of carbonyl (C=O) groups excluding carboxylic acids is 2. The van der Waals surface area contributed by atoms with Crippen molar-refractivity contribution < 1.29 is 14.3 Å². The molecule has 10 heteroatoms. The molecule has 2 aromatic heterocycles. The van der Waals surface area contributed by atoms with Crippen molar-refractivity contribution in [2.45, 2.75) is 39.3 Å². The van der Waals surface area contributed by atoms with Gasteiger partial charge in [0.25, 0.3) is 5.91 Å². The zero-order valence-electron chi connectivity index (χ0n) is 15.8. The Morgan fingerprint density at radius 1 is 1.18 bits per heavy atom. The maximum absolute atomic E-state index is 12.4. The average Bonchev–Trinajstić information content (AvgIpc) is 3.39. The fourth-order valence-electron chi connectivity index (χ4n) is 2.48. The van der Waals surface area contributed by atoms with E-state index < -0.39 is 18.0 Å². The largest absolute Gasteiger partial charge is 0.449 e. The second kappa shape index (κ2) is 8.42. The van der Waals surface area contributed by atoms with Crippen LogP contribution in [0.1, 0.15) is 43.6 Å². The van der Waals surface area contributed by atoms with Gasteiger partial charge in [-0.2, -0.15) is 5.10 Å². The van der Waals surface area contributed by atoms with Crippen LogP contribution in [0.15, 0.2) is 42.9 Å². The minimum absolute atomic E-state index is 0.141. The molecule has 1 aromatic carbocycles. The van der Waals surface area contributed by atoms with Crippen LogP contribution >= 0.6 is 0 Å². The molecular formula is C18H21N7O3. The number of ether oxygens (including phenoxy) is 1. The van der Waals surface area contributed by atoms with Crippen molar-refractivity contribution >= 4 is 17.7 Å². The van der Waals surface area contributed by atoms with Crippen LogP contribution in [0.4, 0.5) is 5.82 Å². The number of nitrogens with one attached hydrogen (secondary N) is 1. The molecule has 0 aliphatic heterocycles. The Balaban J connectivity index is 1.61. The van der Waals surface area contributed by atoms with E-state index in [9.17, 15) is 9.59 Å². The number of nitrogens with zero attached hydrogens (tertiary/aromatic N) is 6. The molecule has 2 atom stereocenters. The van der Waals surface area contributed by atoms with Gasteiger partial charge in [0.15, 0.2) is 6.10 Å². The molecule has 1 amide bonds. The van der Waals surface area contributed by atoms with Gasteiger partial charge in [-0.3, -0.25) is 4.79 Å². The Kier molecular flexibility index (Phi) is 5.78. The molecule has 2 heterocycles. The van der Waals surface area contributed by atoms with E-state index >= 15 is 0 Å². The van der Waals surface area contributed by atoms with E-state index in [1.54, 1.807) is 41.2 Å². The highest BCUT2D eigenvalue weighted by atomic mass is 16.5. The minimum atomic E-state index is -0.966. The summed E-state index contributed by atoms with van der Waals surface area (Å²) in [5.74, 6) is -0.460. The standard InChI is InChI=1S/C18H21N7O3/c1-4-12(2)25-16(9-10-20-25)21-17(26)13(3)28-18(27)14-5-7-15(8-6-14)24-11-19-22-23-24/h5-13H,4H2,1-3H3,(H,21,26)/t12-,13+/m0/s1. The lowest BCUT2D eigenvalue weighted by atomic mass is 10.2. The fraction of sp³-hybridized carbons (Fsp3) is 0.333.